The topological polar surface area (TPSA) is 15.3 Å². The molecule has 1 aliphatic rings. The van der Waals surface area contributed by atoms with Crippen molar-refractivity contribution in [1.29, 1.82) is 0 Å². The third-order valence-electron chi connectivity index (χ3n) is 4.30. The first-order valence-corrected chi connectivity index (χ1v) is 7.88. The van der Waals surface area contributed by atoms with Crippen LogP contribution >= 0.6 is 0 Å². The summed E-state index contributed by atoms with van der Waals surface area (Å²) in [5.41, 5.74) is 4.23. The summed E-state index contributed by atoms with van der Waals surface area (Å²) in [6.07, 6.45) is 0. The van der Waals surface area contributed by atoms with Crippen LogP contribution in [0.1, 0.15) is 36.9 Å². The molecule has 1 saturated heterocycles. The summed E-state index contributed by atoms with van der Waals surface area (Å²) in [6, 6.07) is 20.1. The van der Waals surface area contributed by atoms with Crippen molar-refractivity contribution in [1.82, 2.24) is 5.32 Å². The molecule has 3 rings (SSSR count). The minimum absolute atomic E-state index is 0.417. The van der Waals surface area contributed by atoms with Crippen LogP contribution in [-0.4, -0.2) is 19.6 Å². The zero-order chi connectivity index (χ0) is 14.7. The molecule has 1 N–H and O–H groups in total. The highest BCUT2D eigenvalue weighted by atomic mass is 15.2. The van der Waals surface area contributed by atoms with Crippen molar-refractivity contribution >= 4 is 5.69 Å². The van der Waals surface area contributed by atoms with Crippen LogP contribution in [0.25, 0.3) is 0 Å². The third kappa shape index (κ3) is 2.96. The van der Waals surface area contributed by atoms with Crippen molar-refractivity contribution in [2.45, 2.75) is 25.8 Å². The Morgan fingerprint density at radius 1 is 1.00 bits per heavy atom. The molecule has 2 nitrogen and oxygen atoms in total. The van der Waals surface area contributed by atoms with Crippen LogP contribution < -0.4 is 10.2 Å². The molecule has 0 bridgehead atoms. The van der Waals surface area contributed by atoms with E-state index >= 15 is 0 Å². The fourth-order valence-corrected chi connectivity index (χ4v) is 3.20. The fourth-order valence-electron chi connectivity index (χ4n) is 3.20. The first-order valence-electron chi connectivity index (χ1n) is 7.88. The highest BCUT2D eigenvalue weighted by Crippen LogP contribution is 2.34. The van der Waals surface area contributed by atoms with Gasteiger partial charge in [0.15, 0.2) is 0 Å². The highest BCUT2D eigenvalue weighted by molar-refractivity contribution is 5.57. The summed E-state index contributed by atoms with van der Waals surface area (Å²) in [4.78, 5) is 2.57. The normalized spacial score (nSPS) is 19.0. The van der Waals surface area contributed by atoms with Gasteiger partial charge >= 0.3 is 0 Å². The maximum absolute atomic E-state index is 3.54. The van der Waals surface area contributed by atoms with E-state index in [9.17, 15) is 0 Å². The van der Waals surface area contributed by atoms with E-state index in [2.05, 4.69) is 78.7 Å². The Balaban J connectivity index is 1.99. The van der Waals surface area contributed by atoms with Crippen LogP contribution in [0, 0.1) is 0 Å². The number of hydrogen-bond acceptors (Lipinski definition) is 2. The molecule has 1 fully saturated rings. The standard InChI is InChI=1S/C19H24N2/c1-15(2)17-10-6-7-11-18(17)21-13-12-20-14-19(21)16-8-4-3-5-9-16/h3-11,15,19-20H,12-14H2,1-2H3. The molecular formula is C19H24N2. The summed E-state index contributed by atoms with van der Waals surface area (Å²) in [7, 11) is 0. The van der Waals surface area contributed by atoms with E-state index in [0.29, 0.717) is 12.0 Å². The van der Waals surface area contributed by atoms with Gasteiger partial charge in [0.1, 0.15) is 0 Å². The van der Waals surface area contributed by atoms with Gasteiger partial charge in [-0.25, -0.2) is 0 Å². The van der Waals surface area contributed by atoms with Gasteiger partial charge in [-0.15, -0.1) is 0 Å². The summed E-state index contributed by atoms with van der Waals surface area (Å²) < 4.78 is 0. The van der Waals surface area contributed by atoms with Crippen LogP contribution in [0.3, 0.4) is 0 Å². The predicted molar refractivity (Wildman–Crippen MR) is 89.9 cm³/mol. The molecule has 1 atom stereocenters. The van der Waals surface area contributed by atoms with Crippen molar-refractivity contribution in [3.05, 3.63) is 65.7 Å². The second-order valence-corrected chi connectivity index (χ2v) is 6.04. The van der Waals surface area contributed by atoms with Gasteiger partial charge in [-0.2, -0.15) is 0 Å². The van der Waals surface area contributed by atoms with E-state index in [0.717, 1.165) is 19.6 Å². The second kappa shape index (κ2) is 6.31. The summed E-state index contributed by atoms with van der Waals surface area (Å²) in [5.74, 6) is 0.549. The minimum Gasteiger partial charge on any atom is -0.362 e. The van der Waals surface area contributed by atoms with E-state index in [1.165, 1.54) is 16.8 Å². The maximum atomic E-state index is 3.54. The van der Waals surface area contributed by atoms with Crippen molar-refractivity contribution in [3.63, 3.8) is 0 Å². The van der Waals surface area contributed by atoms with Crippen molar-refractivity contribution in [2.75, 3.05) is 24.5 Å². The SMILES string of the molecule is CC(C)c1ccccc1N1CCNCC1c1ccccc1. The fraction of sp³-hybridized carbons (Fsp3) is 0.368. The first kappa shape index (κ1) is 14.2. The smallest absolute Gasteiger partial charge is 0.0667 e. The Morgan fingerprint density at radius 3 is 2.48 bits per heavy atom. The van der Waals surface area contributed by atoms with Crippen LogP contribution in [0.2, 0.25) is 0 Å². The number of piperazine rings is 1. The monoisotopic (exact) mass is 280 g/mol. The predicted octanol–water partition coefficient (Wildman–Crippen LogP) is 3.96. The van der Waals surface area contributed by atoms with Crippen molar-refractivity contribution in [2.24, 2.45) is 0 Å². The van der Waals surface area contributed by atoms with E-state index in [1.807, 2.05) is 0 Å². The first-order chi connectivity index (χ1) is 10.3. The number of para-hydroxylation sites is 1. The molecule has 2 heteroatoms. The third-order valence-corrected chi connectivity index (χ3v) is 4.30. The Labute approximate surface area is 127 Å². The summed E-state index contributed by atoms with van der Waals surface area (Å²) >= 11 is 0. The van der Waals surface area contributed by atoms with Gasteiger partial charge < -0.3 is 10.2 Å². The van der Waals surface area contributed by atoms with Crippen LogP contribution in [-0.2, 0) is 0 Å². The molecule has 0 aliphatic carbocycles. The zero-order valence-corrected chi connectivity index (χ0v) is 12.9. The Bertz CT molecular complexity index is 577. The molecule has 1 unspecified atom stereocenters. The lowest BCUT2D eigenvalue weighted by Gasteiger charge is -2.39. The van der Waals surface area contributed by atoms with Crippen LogP contribution in [0.15, 0.2) is 54.6 Å². The van der Waals surface area contributed by atoms with E-state index in [4.69, 9.17) is 0 Å². The molecule has 0 radical (unpaired) electrons. The van der Waals surface area contributed by atoms with Gasteiger partial charge in [-0.3, -0.25) is 0 Å². The van der Waals surface area contributed by atoms with Crippen molar-refractivity contribution < 1.29 is 0 Å². The van der Waals surface area contributed by atoms with Gasteiger partial charge in [-0.05, 0) is 23.1 Å². The lowest BCUT2D eigenvalue weighted by Crippen LogP contribution is -2.46. The van der Waals surface area contributed by atoms with E-state index < -0.39 is 0 Å². The number of hydrogen-bond donors (Lipinski definition) is 1. The molecule has 1 heterocycles. The largest absolute Gasteiger partial charge is 0.362 e. The van der Waals surface area contributed by atoms with Crippen LogP contribution in [0.5, 0.6) is 0 Å². The van der Waals surface area contributed by atoms with E-state index in [1.54, 1.807) is 0 Å². The molecular weight excluding hydrogens is 256 g/mol. The van der Waals surface area contributed by atoms with Gasteiger partial charge in [0.25, 0.3) is 0 Å². The van der Waals surface area contributed by atoms with E-state index in [-0.39, 0.29) is 0 Å². The van der Waals surface area contributed by atoms with Gasteiger partial charge in [0.05, 0.1) is 6.04 Å². The molecule has 1 aliphatic heterocycles. The molecule has 0 spiro atoms. The number of benzene rings is 2. The molecule has 0 aromatic heterocycles. The quantitative estimate of drug-likeness (QED) is 0.915. The van der Waals surface area contributed by atoms with Crippen LogP contribution in [0.4, 0.5) is 5.69 Å². The summed E-state index contributed by atoms with van der Waals surface area (Å²) in [5, 5.41) is 3.54. The number of rotatable bonds is 3. The average Bonchev–Trinajstić information content (AvgIpc) is 2.55. The molecule has 0 saturated carbocycles. The second-order valence-electron chi connectivity index (χ2n) is 6.04. The molecule has 110 valence electrons. The average molecular weight is 280 g/mol. The van der Waals surface area contributed by atoms with Crippen molar-refractivity contribution in [3.8, 4) is 0 Å². The summed E-state index contributed by atoms with van der Waals surface area (Å²) in [6.45, 7) is 7.67. The molecule has 0 amide bonds. The minimum atomic E-state index is 0.417. The zero-order valence-electron chi connectivity index (χ0n) is 12.9. The number of anilines is 1. The molecule has 2 aromatic carbocycles. The maximum Gasteiger partial charge on any atom is 0.0667 e. The lowest BCUT2D eigenvalue weighted by molar-refractivity contribution is 0.488. The van der Waals surface area contributed by atoms with Gasteiger partial charge in [0, 0.05) is 25.3 Å². The lowest BCUT2D eigenvalue weighted by atomic mass is 9.97. The Kier molecular flexibility index (Phi) is 4.26. The number of nitrogens with zero attached hydrogens (tertiary/aromatic N) is 1. The highest BCUT2D eigenvalue weighted by Gasteiger charge is 2.25. The Hall–Kier alpha value is -1.80. The number of nitrogens with one attached hydrogen (secondary N) is 1. The van der Waals surface area contributed by atoms with Gasteiger partial charge in [-0.1, -0.05) is 62.4 Å². The molecule has 21 heavy (non-hydrogen) atoms. The molecule has 2 aromatic rings. The van der Waals surface area contributed by atoms with Gasteiger partial charge in [0.2, 0.25) is 0 Å². The Morgan fingerprint density at radius 2 is 1.71 bits per heavy atom.